The molecule has 0 saturated carbocycles. The van der Waals surface area contributed by atoms with Gasteiger partial charge in [0.2, 0.25) is 0 Å². The summed E-state index contributed by atoms with van der Waals surface area (Å²) in [5.41, 5.74) is 3.15. The van der Waals surface area contributed by atoms with E-state index in [0.29, 0.717) is 5.56 Å². The lowest BCUT2D eigenvalue weighted by Gasteiger charge is -2.13. The highest BCUT2D eigenvalue weighted by Crippen LogP contribution is 2.24. The first-order valence-electron chi connectivity index (χ1n) is 5.31. The largest absolute Gasteiger partial charge is 0.384 e. The van der Waals surface area contributed by atoms with Crippen molar-refractivity contribution in [3.05, 3.63) is 65.0 Å². The van der Waals surface area contributed by atoms with Crippen molar-refractivity contribution in [2.24, 2.45) is 0 Å². The number of aliphatic hydroxyl groups is 1. The fourth-order valence-electron chi connectivity index (χ4n) is 1.71. The molecule has 1 atom stereocenters. The van der Waals surface area contributed by atoms with E-state index in [4.69, 9.17) is 5.26 Å². The molecule has 17 heavy (non-hydrogen) atoms. The van der Waals surface area contributed by atoms with Gasteiger partial charge in [0, 0.05) is 12.4 Å². The van der Waals surface area contributed by atoms with Crippen LogP contribution in [0.1, 0.15) is 28.4 Å². The van der Waals surface area contributed by atoms with Crippen molar-refractivity contribution in [2.75, 3.05) is 0 Å². The number of aliphatic hydroxyl groups excluding tert-OH is 1. The maximum absolute atomic E-state index is 10.2. The molecule has 0 radical (unpaired) electrons. The number of benzene rings is 1. The minimum Gasteiger partial charge on any atom is -0.384 e. The smallest absolute Gasteiger partial charge is 0.104 e. The van der Waals surface area contributed by atoms with E-state index < -0.39 is 6.10 Å². The monoisotopic (exact) mass is 224 g/mol. The first-order valence-corrected chi connectivity index (χ1v) is 5.31. The second-order valence-corrected chi connectivity index (χ2v) is 3.87. The van der Waals surface area contributed by atoms with Crippen molar-refractivity contribution >= 4 is 0 Å². The Kier molecular flexibility index (Phi) is 3.17. The number of nitrogens with zero attached hydrogens (tertiary/aromatic N) is 2. The van der Waals surface area contributed by atoms with Crippen LogP contribution < -0.4 is 0 Å². The van der Waals surface area contributed by atoms with Gasteiger partial charge >= 0.3 is 0 Å². The number of hydrogen-bond acceptors (Lipinski definition) is 3. The third kappa shape index (κ3) is 2.32. The summed E-state index contributed by atoms with van der Waals surface area (Å²) in [6.45, 7) is 1.91. The van der Waals surface area contributed by atoms with Crippen LogP contribution in [0.2, 0.25) is 0 Å². The maximum Gasteiger partial charge on any atom is 0.104 e. The summed E-state index contributed by atoms with van der Waals surface area (Å²) in [4.78, 5) is 3.99. The molecule has 0 aliphatic heterocycles. The van der Waals surface area contributed by atoms with Crippen molar-refractivity contribution in [1.29, 1.82) is 5.26 Å². The summed E-state index contributed by atoms with van der Waals surface area (Å²) in [6.07, 6.45) is 2.71. The molecule has 3 nitrogen and oxygen atoms in total. The van der Waals surface area contributed by atoms with Crippen LogP contribution in [0.3, 0.4) is 0 Å². The van der Waals surface area contributed by atoms with Gasteiger partial charge in [-0.25, -0.2) is 0 Å². The van der Waals surface area contributed by atoms with Gasteiger partial charge < -0.3 is 5.11 Å². The summed E-state index contributed by atoms with van der Waals surface area (Å²) in [5.74, 6) is 0. The molecule has 0 spiro atoms. The second kappa shape index (κ2) is 4.77. The quantitative estimate of drug-likeness (QED) is 0.851. The Morgan fingerprint density at radius 3 is 2.53 bits per heavy atom. The molecule has 1 unspecified atom stereocenters. The lowest BCUT2D eigenvalue weighted by Crippen LogP contribution is -2.02. The maximum atomic E-state index is 10.2. The molecule has 1 heterocycles. The molecule has 0 bridgehead atoms. The van der Waals surface area contributed by atoms with Gasteiger partial charge in [-0.2, -0.15) is 5.26 Å². The van der Waals surface area contributed by atoms with E-state index in [1.54, 1.807) is 42.7 Å². The van der Waals surface area contributed by atoms with Gasteiger partial charge in [0.15, 0.2) is 0 Å². The molecular weight excluding hydrogens is 212 g/mol. The van der Waals surface area contributed by atoms with Crippen molar-refractivity contribution in [3.8, 4) is 6.07 Å². The van der Waals surface area contributed by atoms with E-state index >= 15 is 0 Å². The van der Waals surface area contributed by atoms with Crippen molar-refractivity contribution in [3.63, 3.8) is 0 Å². The Bertz CT molecular complexity index is 555. The fraction of sp³-hybridized carbons (Fsp3) is 0.143. The zero-order valence-electron chi connectivity index (χ0n) is 9.46. The van der Waals surface area contributed by atoms with Crippen LogP contribution in [0.4, 0.5) is 0 Å². The second-order valence-electron chi connectivity index (χ2n) is 3.87. The normalized spacial score (nSPS) is 11.8. The summed E-state index contributed by atoms with van der Waals surface area (Å²) < 4.78 is 0. The average molecular weight is 224 g/mol. The molecule has 1 N–H and O–H groups in total. The zero-order valence-corrected chi connectivity index (χ0v) is 9.46. The van der Waals surface area contributed by atoms with Gasteiger partial charge in [-0.3, -0.25) is 4.98 Å². The first kappa shape index (κ1) is 11.3. The van der Waals surface area contributed by atoms with Crippen LogP contribution in [0, 0.1) is 18.3 Å². The third-order valence-corrected chi connectivity index (χ3v) is 2.71. The summed E-state index contributed by atoms with van der Waals surface area (Å²) in [7, 11) is 0. The zero-order chi connectivity index (χ0) is 12.3. The Balaban J connectivity index is 2.34. The van der Waals surface area contributed by atoms with E-state index in [9.17, 15) is 5.11 Å². The molecule has 0 amide bonds. The van der Waals surface area contributed by atoms with Gasteiger partial charge in [0.1, 0.15) is 6.10 Å². The Labute approximate surface area is 100.0 Å². The van der Waals surface area contributed by atoms with Crippen molar-refractivity contribution in [1.82, 2.24) is 4.98 Å². The Hall–Kier alpha value is -2.18. The summed E-state index contributed by atoms with van der Waals surface area (Å²) in [6, 6.07) is 10.8. The SMILES string of the molecule is Cc1cnccc1C(O)c1ccc(C#N)cc1. The van der Waals surface area contributed by atoms with Crippen LogP contribution in [0.5, 0.6) is 0 Å². The van der Waals surface area contributed by atoms with Gasteiger partial charge in [-0.15, -0.1) is 0 Å². The molecule has 1 aromatic carbocycles. The number of aromatic nitrogens is 1. The van der Waals surface area contributed by atoms with Gasteiger partial charge in [-0.05, 0) is 41.8 Å². The van der Waals surface area contributed by atoms with Gasteiger partial charge in [-0.1, -0.05) is 12.1 Å². The van der Waals surface area contributed by atoms with Gasteiger partial charge in [0.05, 0.1) is 11.6 Å². The first-order chi connectivity index (χ1) is 8.22. The molecule has 0 fully saturated rings. The number of rotatable bonds is 2. The fourth-order valence-corrected chi connectivity index (χ4v) is 1.71. The highest BCUT2D eigenvalue weighted by Gasteiger charge is 2.12. The lowest BCUT2D eigenvalue weighted by atomic mass is 9.98. The molecule has 3 heteroatoms. The minimum atomic E-state index is -0.675. The predicted octanol–water partition coefficient (Wildman–Crippen LogP) is 2.34. The molecule has 0 saturated heterocycles. The summed E-state index contributed by atoms with van der Waals surface area (Å²) in [5, 5.41) is 18.9. The number of aryl methyl sites for hydroxylation is 1. The van der Waals surface area contributed by atoms with Gasteiger partial charge in [0.25, 0.3) is 0 Å². The van der Waals surface area contributed by atoms with Crippen molar-refractivity contribution in [2.45, 2.75) is 13.0 Å². The molecule has 0 aliphatic carbocycles. The van der Waals surface area contributed by atoms with E-state index in [1.807, 2.05) is 6.92 Å². The molecule has 1 aromatic heterocycles. The van der Waals surface area contributed by atoms with Crippen molar-refractivity contribution < 1.29 is 5.11 Å². The molecule has 0 aliphatic rings. The standard InChI is InChI=1S/C14H12N2O/c1-10-9-16-7-6-13(10)14(17)12-4-2-11(8-15)3-5-12/h2-7,9,14,17H,1H3. The average Bonchev–Trinajstić information content (AvgIpc) is 2.39. The van der Waals surface area contributed by atoms with Crippen LogP contribution >= 0.6 is 0 Å². The molecule has 2 aromatic rings. The highest BCUT2D eigenvalue weighted by molar-refractivity contribution is 5.37. The van der Waals surface area contributed by atoms with Crippen LogP contribution in [0.15, 0.2) is 42.7 Å². The summed E-state index contributed by atoms with van der Waals surface area (Å²) >= 11 is 0. The number of pyridine rings is 1. The Morgan fingerprint density at radius 1 is 1.24 bits per heavy atom. The van der Waals surface area contributed by atoms with E-state index in [-0.39, 0.29) is 0 Å². The van der Waals surface area contributed by atoms with E-state index in [2.05, 4.69) is 11.1 Å². The predicted molar refractivity (Wildman–Crippen MR) is 64.2 cm³/mol. The van der Waals surface area contributed by atoms with E-state index in [0.717, 1.165) is 16.7 Å². The minimum absolute atomic E-state index is 0.590. The van der Waals surface area contributed by atoms with Crippen LogP contribution in [-0.4, -0.2) is 10.1 Å². The molecule has 84 valence electrons. The van der Waals surface area contributed by atoms with E-state index in [1.165, 1.54) is 0 Å². The Morgan fingerprint density at radius 2 is 1.94 bits per heavy atom. The molecule has 2 rings (SSSR count). The highest BCUT2D eigenvalue weighted by atomic mass is 16.3. The number of hydrogen-bond donors (Lipinski definition) is 1. The van der Waals surface area contributed by atoms with Crippen LogP contribution in [-0.2, 0) is 0 Å². The lowest BCUT2D eigenvalue weighted by molar-refractivity contribution is 0.219. The number of nitriles is 1. The molecular formula is C14H12N2O. The van der Waals surface area contributed by atoms with Crippen LogP contribution in [0.25, 0.3) is 0 Å². The third-order valence-electron chi connectivity index (χ3n) is 2.71. The topological polar surface area (TPSA) is 56.9 Å².